The summed E-state index contributed by atoms with van der Waals surface area (Å²) in [7, 11) is 0. The minimum Gasteiger partial charge on any atom is -0.317 e. The van der Waals surface area contributed by atoms with Crippen LogP contribution in [0.2, 0.25) is 10.0 Å². The van der Waals surface area contributed by atoms with E-state index < -0.39 is 11.0 Å². The summed E-state index contributed by atoms with van der Waals surface area (Å²) in [5.74, 6) is 1.07. The second-order valence-corrected chi connectivity index (χ2v) is 12.4. The Bertz CT molecular complexity index is 1740. The molecular weight excluding hydrogens is 567 g/mol. The zero-order chi connectivity index (χ0) is 29.5. The minimum absolute atomic E-state index is 0.00281. The first-order chi connectivity index (χ1) is 20.2. The van der Waals surface area contributed by atoms with Crippen molar-refractivity contribution in [2.24, 2.45) is 0 Å². The average molecular weight is 600 g/mol. The van der Waals surface area contributed by atoms with Crippen molar-refractivity contribution >= 4 is 46.1 Å². The first-order valence-corrected chi connectivity index (χ1v) is 14.8. The molecule has 0 atom stereocenters. The van der Waals surface area contributed by atoms with Gasteiger partial charge in [0.2, 0.25) is 5.91 Å². The number of piperidine rings is 1. The number of carbonyl (C=O) groups excluding carboxylic acids is 1. The van der Waals surface area contributed by atoms with Gasteiger partial charge in [0.1, 0.15) is 12.2 Å². The molecule has 0 aliphatic carbocycles. The van der Waals surface area contributed by atoms with Gasteiger partial charge in [0.25, 0.3) is 0 Å². The topological polar surface area (TPSA) is 75.9 Å². The Morgan fingerprint density at radius 2 is 1.57 bits per heavy atom. The lowest BCUT2D eigenvalue weighted by Gasteiger charge is -2.44. The molecule has 1 aliphatic rings. The highest BCUT2D eigenvalue weighted by atomic mass is 35.5. The molecule has 5 aromatic rings. The number of carbonyl (C=O) groups is 1. The number of hydrogen-bond acceptors (Lipinski definition) is 5. The molecule has 1 amide bonds. The maximum atomic E-state index is 15.0. The Morgan fingerprint density at radius 1 is 0.905 bits per heavy atom. The van der Waals surface area contributed by atoms with E-state index in [1.54, 1.807) is 0 Å². The van der Waals surface area contributed by atoms with E-state index in [0.717, 1.165) is 29.9 Å². The monoisotopic (exact) mass is 598 g/mol. The van der Waals surface area contributed by atoms with Crippen LogP contribution in [0.5, 0.6) is 0 Å². The summed E-state index contributed by atoms with van der Waals surface area (Å²) in [4.78, 5) is 31.4. The van der Waals surface area contributed by atoms with Crippen LogP contribution in [0.15, 0.2) is 85.2 Å². The Hall–Kier alpha value is -3.78. The van der Waals surface area contributed by atoms with Crippen molar-refractivity contribution in [3.8, 4) is 17.1 Å². The van der Waals surface area contributed by atoms with Gasteiger partial charge < -0.3 is 5.32 Å². The number of nitrogens with one attached hydrogen (secondary N) is 1. The molecule has 7 nitrogen and oxygen atoms in total. The Kier molecular flexibility index (Phi) is 7.51. The summed E-state index contributed by atoms with van der Waals surface area (Å²) in [5, 5.41) is 4.61. The molecule has 42 heavy (non-hydrogen) atoms. The summed E-state index contributed by atoms with van der Waals surface area (Å²) in [6, 6.07) is 25.2. The molecule has 1 N–H and O–H groups in total. The molecule has 1 saturated heterocycles. The molecule has 0 saturated carbocycles. The second-order valence-electron chi connectivity index (χ2n) is 11.6. The van der Waals surface area contributed by atoms with Gasteiger partial charge in [-0.1, -0.05) is 65.7 Å². The highest BCUT2D eigenvalue weighted by molar-refractivity contribution is 6.33. The van der Waals surface area contributed by atoms with Crippen LogP contribution in [0.25, 0.3) is 28.2 Å². The number of nitrogens with zero attached hydrogens (tertiary/aromatic N) is 5. The SMILES string of the molecule is CC(C)(C)N(C(=O)C1(c2ccccc2)CCNCC1)c1ncnc2c1nc(-c1ccccc1Cl)n2-c1ccc(Cl)cc1. The van der Waals surface area contributed by atoms with E-state index in [9.17, 15) is 0 Å². The highest BCUT2D eigenvalue weighted by Crippen LogP contribution is 2.41. The second kappa shape index (κ2) is 11.1. The van der Waals surface area contributed by atoms with Crippen molar-refractivity contribution in [1.82, 2.24) is 24.8 Å². The van der Waals surface area contributed by atoms with Crippen LogP contribution < -0.4 is 10.2 Å². The van der Waals surface area contributed by atoms with E-state index in [1.165, 1.54) is 6.33 Å². The molecule has 2 aromatic heterocycles. The number of aromatic nitrogens is 4. The molecule has 1 fully saturated rings. The van der Waals surface area contributed by atoms with E-state index >= 15 is 4.79 Å². The quantitative estimate of drug-likeness (QED) is 0.231. The van der Waals surface area contributed by atoms with E-state index in [2.05, 4.69) is 17.4 Å². The van der Waals surface area contributed by atoms with Gasteiger partial charge in [0.15, 0.2) is 17.0 Å². The van der Waals surface area contributed by atoms with Crippen molar-refractivity contribution in [1.29, 1.82) is 0 Å². The Balaban J connectivity index is 1.61. The molecule has 0 unspecified atom stereocenters. The zero-order valence-electron chi connectivity index (χ0n) is 23.8. The van der Waals surface area contributed by atoms with Gasteiger partial charge in [0.05, 0.1) is 10.4 Å². The predicted octanol–water partition coefficient (Wildman–Crippen LogP) is 7.24. The van der Waals surface area contributed by atoms with Gasteiger partial charge in [0, 0.05) is 21.8 Å². The molecule has 3 heterocycles. The fraction of sp³-hybridized carbons (Fsp3) is 0.273. The molecule has 0 spiro atoms. The number of benzene rings is 3. The third-order valence-electron chi connectivity index (χ3n) is 7.90. The summed E-state index contributed by atoms with van der Waals surface area (Å²) >= 11 is 12.9. The largest absolute Gasteiger partial charge is 0.317 e. The van der Waals surface area contributed by atoms with Crippen molar-refractivity contribution in [2.75, 3.05) is 18.0 Å². The average Bonchev–Trinajstić information content (AvgIpc) is 3.38. The molecule has 3 aromatic carbocycles. The van der Waals surface area contributed by atoms with Crippen LogP contribution >= 0.6 is 23.2 Å². The number of halogens is 2. The van der Waals surface area contributed by atoms with Crippen molar-refractivity contribution in [2.45, 2.75) is 44.6 Å². The molecule has 0 bridgehead atoms. The van der Waals surface area contributed by atoms with Crippen LogP contribution in [0.1, 0.15) is 39.2 Å². The van der Waals surface area contributed by atoms with Crippen LogP contribution in [0, 0.1) is 0 Å². The fourth-order valence-corrected chi connectivity index (χ4v) is 6.22. The van der Waals surface area contributed by atoms with Crippen LogP contribution in [0.3, 0.4) is 0 Å². The van der Waals surface area contributed by atoms with E-state index in [-0.39, 0.29) is 5.91 Å². The number of amides is 1. The standard InChI is InChI=1S/C33H32Cl2N6O/c1-32(2,3)41(31(42)33(17-19-36-20-18-33)22-9-5-4-6-10-22)30-27-29(37-21-38-30)40(24-15-13-23(34)14-16-24)28(39-27)25-11-7-8-12-26(25)35/h4-16,21,36H,17-20H2,1-3H3. The lowest BCUT2D eigenvalue weighted by atomic mass is 9.71. The fourth-order valence-electron chi connectivity index (χ4n) is 5.87. The molecule has 0 radical (unpaired) electrons. The number of hydrogen-bond donors (Lipinski definition) is 1. The van der Waals surface area contributed by atoms with Gasteiger partial charge in [-0.2, -0.15) is 0 Å². The van der Waals surface area contributed by atoms with E-state index in [4.69, 9.17) is 38.2 Å². The number of imidazole rings is 1. The summed E-state index contributed by atoms with van der Waals surface area (Å²) in [6.07, 6.45) is 2.87. The maximum Gasteiger partial charge on any atom is 0.239 e. The zero-order valence-corrected chi connectivity index (χ0v) is 25.3. The third kappa shape index (κ3) is 4.96. The summed E-state index contributed by atoms with van der Waals surface area (Å²) in [5.41, 5.74) is 2.33. The summed E-state index contributed by atoms with van der Waals surface area (Å²) in [6.45, 7) is 7.59. The van der Waals surface area contributed by atoms with Crippen LogP contribution in [-0.2, 0) is 10.2 Å². The predicted molar refractivity (Wildman–Crippen MR) is 170 cm³/mol. The van der Waals surface area contributed by atoms with Gasteiger partial charge in [-0.3, -0.25) is 14.3 Å². The molecular formula is C33H32Cl2N6O. The lowest BCUT2D eigenvalue weighted by molar-refractivity contribution is -0.126. The lowest BCUT2D eigenvalue weighted by Crippen LogP contribution is -2.57. The van der Waals surface area contributed by atoms with Gasteiger partial charge >= 0.3 is 0 Å². The van der Waals surface area contributed by atoms with Crippen molar-refractivity contribution in [3.05, 3.63) is 101 Å². The summed E-state index contributed by atoms with van der Waals surface area (Å²) < 4.78 is 1.95. The van der Waals surface area contributed by atoms with Crippen LogP contribution in [0.4, 0.5) is 5.82 Å². The maximum absolute atomic E-state index is 15.0. The number of anilines is 1. The first kappa shape index (κ1) is 28.3. The van der Waals surface area contributed by atoms with Gasteiger partial charge in [-0.05, 0) is 88.7 Å². The Morgan fingerprint density at radius 3 is 2.24 bits per heavy atom. The third-order valence-corrected chi connectivity index (χ3v) is 8.48. The normalized spacial score (nSPS) is 15.1. The van der Waals surface area contributed by atoms with Crippen LogP contribution in [-0.4, -0.2) is 44.1 Å². The van der Waals surface area contributed by atoms with Gasteiger partial charge in [-0.25, -0.2) is 15.0 Å². The smallest absolute Gasteiger partial charge is 0.239 e. The molecule has 214 valence electrons. The minimum atomic E-state index is -0.707. The van der Waals surface area contributed by atoms with E-state index in [1.807, 2.05) is 97.0 Å². The molecule has 1 aliphatic heterocycles. The number of rotatable bonds is 5. The van der Waals surface area contributed by atoms with Gasteiger partial charge in [-0.15, -0.1) is 0 Å². The molecule has 6 rings (SSSR count). The highest BCUT2D eigenvalue weighted by Gasteiger charge is 2.47. The Labute approximate surface area is 255 Å². The van der Waals surface area contributed by atoms with Crippen molar-refractivity contribution < 1.29 is 4.79 Å². The first-order valence-electron chi connectivity index (χ1n) is 14.1. The molecule has 9 heteroatoms. The number of fused-ring (bicyclic) bond motifs is 1. The van der Waals surface area contributed by atoms with Crippen molar-refractivity contribution in [3.63, 3.8) is 0 Å². The van der Waals surface area contributed by atoms with E-state index in [0.29, 0.717) is 45.7 Å².